The Morgan fingerprint density at radius 2 is 2.10 bits per heavy atom. The molecule has 118 valence electrons. The summed E-state index contributed by atoms with van der Waals surface area (Å²) >= 11 is 1.95. The van der Waals surface area contributed by atoms with Crippen molar-refractivity contribution in [2.24, 2.45) is 5.92 Å². The van der Waals surface area contributed by atoms with Crippen molar-refractivity contribution in [3.8, 4) is 0 Å². The molecule has 0 bridgehead atoms. The zero-order chi connectivity index (χ0) is 14.4. The topological polar surface area (TPSA) is 41.5 Å². The third kappa shape index (κ3) is 4.90. The third-order valence-corrected chi connectivity index (χ3v) is 6.35. The molecule has 2 saturated carbocycles. The Bertz CT molecular complexity index is 284. The summed E-state index contributed by atoms with van der Waals surface area (Å²) in [5.74, 6) is 0.704. The molecule has 0 saturated heterocycles. The van der Waals surface area contributed by atoms with Crippen LogP contribution in [0.25, 0.3) is 0 Å². The summed E-state index contributed by atoms with van der Waals surface area (Å²) < 4.78 is 6.45. The lowest BCUT2D eigenvalue weighted by Gasteiger charge is -2.31. The van der Waals surface area contributed by atoms with Gasteiger partial charge in [0, 0.05) is 17.8 Å². The third-order valence-electron chi connectivity index (χ3n) is 4.93. The van der Waals surface area contributed by atoms with Crippen LogP contribution in [-0.2, 0) is 4.74 Å². The molecule has 2 aliphatic carbocycles. The predicted molar refractivity (Wildman–Crippen MR) is 86.3 cm³/mol. The molecule has 3 unspecified atom stereocenters. The molecule has 2 N–H and O–H groups in total. The minimum absolute atomic E-state index is 0.368. The number of nitrogens with one attached hydrogen (secondary N) is 1. The monoisotopic (exact) mass is 301 g/mol. The van der Waals surface area contributed by atoms with E-state index in [0.717, 1.165) is 6.54 Å². The Labute approximate surface area is 128 Å². The molecule has 2 rings (SSSR count). The van der Waals surface area contributed by atoms with Gasteiger partial charge in [0.05, 0.1) is 18.8 Å². The standard InChI is InChI=1S/C16H31NO2S/c1-3-13-6-4-5-7-15(13)19-11-14(18)10-17-12-16(20-2)8-9-16/h13-15,17-18H,3-12H2,1-2H3. The molecule has 0 amide bonds. The highest BCUT2D eigenvalue weighted by Gasteiger charge is 2.41. The van der Waals surface area contributed by atoms with E-state index in [1.54, 1.807) is 0 Å². The normalized spacial score (nSPS) is 30.1. The molecular formula is C16H31NO2S. The number of thioether (sulfide) groups is 1. The molecule has 0 spiro atoms. The second kappa shape index (κ2) is 8.02. The van der Waals surface area contributed by atoms with E-state index in [1.165, 1.54) is 44.9 Å². The van der Waals surface area contributed by atoms with Gasteiger partial charge >= 0.3 is 0 Å². The van der Waals surface area contributed by atoms with Gasteiger partial charge in [-0.05, 0) is 37.9 Å². The lowest BCUT2D eigenvalue weighted by molar-refractivity contribution is -0.0498. The van der Waals surface area contributed by atoms with Gasteiger partial charge in [-0.25, -0.2) is 0 Å². The average molecular weight is 301 g/mol. The lowest BCUT2D eigenvalue weighted by atomic mass is 9.85. The van der Waals surface area contributed by atoms with Gasteiger partial charge < -0.3 is 15.2 Å². The van der Waals surface area contributed by atoms with Crippen LogP contribution in [0.15, 0.2) is 0 Å². The molecule has 4 heteroatoms. The van der Waals surface area contributed by atoms with Gasteiger partial charge in [0.15, 0.2) is 0 Å². The van der Waals surface area contributed by atoms with Crippen molar-refractivity contribution in [3.05, 3.63) is 0 Å². The molecule has 0 aromatic carbocycles. The van der Waals surface area contributed by atoms with Crippen LogP contribution in [0.2, 0.25) is 0 Å². The molecule has 2 fully saturated rings. The minimum atomic E-state index is -0.368. The first-order chi connectivity index (χ1) is 9.69. The van der Waals surface area contributed by atoms with E-state index in [9.17, 15) is 5.11 Å². The summed E-state index contributed by atoms with van der Waals surface area (Å²) in [5, 5.41) is 13.4. The maximum atomic E-state index is 10.0. The minimum Gasteiger partial charge on any atom is -0.389 e. The summed E-state index contributed by atoms with van der Waals surface area (Å²) in [5.41, 5.74) is 0. The van der Waals surface area contributed by atoms with E-state index >= 15 is 0 Å². The summed E-state index contributed by atoms with van der Waals surface area (Å²) in [4.78, 5) is 0. The molecule has 0 aliphatic heterocycles. The average Bonchev–Trinajstić information content (AvgIpc) is 3.26. The van der Waals surface area contributed by atoms with Gasteiger partial charge in [-0.2, -0.15) is 11.8 Å². The molecule has 3 nitrogen and oxygen atoms in total. The fraction of sp³-hybridized carbons (Fsp3) is 1.00. The second-order valence-electron chi connectivity index (χ2n) is 6.50. The molecule has 0 heterocycles. The van der Waals surface area contributed by atoms with Crippen LogP contribution >= 0.6 is 11.8 Å². The Balaban J connectivity index is 1.58. The van der Waals surface area contributed by atoms with Crippen LogP contribution in [0, 0.1) is 5.92 Å². The number of hydrogen-bond donors (Lipinski definition) is 2. The van der Waals surface area contributed by atoms with Crippen molar-refractivity contribution in [3.63, 3.8) is 0 Å². The molecular weight excluding hydrogens is 270 g/mol. The van der Waals surface area contributed by atoms with Crippen molar-refractivity contribution >= 4 is 11.8 Å². The van der Waals surface area contributed by atoms with Crippen LogP contribution in [0.4, 0.5) is 0 Å². The summed E-state index contributed by atoms with van der Waals surface area (Å²) in [6.45, 7) is 4.42. The Morgan fingerprint density at radius 1 is 1.35 bits per heavy atom. The largest absolute Gasteiger partial charge is 0.389 e. The summed E-state index contributed by atoms with van der Waals surface area (Å²) in [6.07, 6.45) is 11.1. The fourth-order valence-electron chi connectivity index (χ4n) is 3.21. The van der Waals surface area contributed by atoms with E-state index in [-0.39, 0.29) is 6.10 Å². The van der Waals surface area contributed by atoms with Crippen molar-refractivity contribution in [1.29, 1.82) is 0 Å². The quantitative estimate of drug-likeness (QED) is 0.687. The van der Waals surface area contributed by atoms with Crippen LogP contribution < -0.4 is 5.32 Å². The Morgan fingerprint density at radius 3 is 2.75 bits per heavy atom. The first-order valence-electron chi connectivity index (χ1n) is 8.24. The number of aliphatic hydroxyl groups is 1. The highest BCUT2D eigenvalue weighted by atomic mass is 32.2. The van der Waals surface area contributed by atoms with Crippen LogP contribution in [-0.4, -0.2) is 48.0 Å². The molecule has 3 atom stereocenters. The van der Waals surface area contributed by atoms with Gasteiger partial charge in [0.25, 0.3) is 0 Å². The zero-order valence-corrected chi connectivity index (χ0v) is 13.9. The van der Waals surface area contributed by atoms with Gasteiger partial charge in [-0.3, -0.25) is 0 Å². The van der Waals surface area contributed by atoms with Crippen molar-refractivity contribution in [2.75, 3.05) is 26.0 Å². The van der Waals surface area contributed by atoms with E-state index in [1.807, 2.05) is 11.8 Å². The Kier molecular flexibility index (Phi) is 6.66. The molecule has 0 aromatic rings. The molecule has 0 aromatic heterocycles. The van der Waals surface area contributed by atoms with Gasteiger partial charge in [-0.15, -0.1) is 0 Å². The maximum absolute atomic E-state index is 10.0. The van der Waals surface area contributed by atoms with E-state index in [2.05, 4.69) is 18.5 Å². The summed E-state index contributed by atoms with van der Waals surface area (Å²) in [7, 11) is 0. The number of rotatable bonds is 9. The Hall–Kier alpha value is 0.230. The number of ether oxygens (including phenoxy) is 1. The second-order valence-corrected chi connectivity index (χ2v) is 7.77. The van der Waals surface area contributed by atoms with E-state index < -0.39 is 0 Å². The van der Waals surface area contributed by atoms with Gasteiger partial charge in [-0.1, -0.05) is 26.2 Å². The highest BCUT2D eigenvalue weighted by molar-refractivity contribution is 8.00. The van der Waals surface area contributed by atoms with Gasteiger partial charge in [0.2, 0.25) is 0 Å². The lowest BCUT2D eigenvalue weighted by Crippen LogP contribution is -2.37. The molecule has 0 radical (unpaired) electrons. The predicted octanol–water partition coefficient (Wildman–Crippen LogP) is 2.82. The maximum Gasteiger partial charge on any atom is 0.0897 e. The fourth-order valence-corrected chi connectivity index (χ4v) is 3.97. The first-order valence-corrected chi connectivity index (χ1v) is 9.47. The van der Waals surface area contributed by atoms with E-state index in [4.69, 9.17) is 4.74 Å². The zero-order valence-electron chi connectivity index (χ0n) is 13.1. The molecule has 20 heavy (non-hydrogen) atoms. The van der Waals surface area contributed by atoms with E-state index in [0.29, 0.717) is 29.9 Å². The van der Waals surface area contributed by atoms with Crippen molar-refractivity contribution < 1.29 is 9.84 Å². The summed E-state index contributed by atoms with van der Waals surface area (Å²) in [6, 6.07) is 0. The SMILES string of the molecule is CCC1CCCCC1OCC(O)CNCC1(SC)CC1. The number of aliphatic hydroxyl groups excluding tert-OH is 1. The first kappa shape index (κ1) is 16.6. The van der Waals surface area contributed by atoms with Crippen molar-refractivity contribution in [1.82, 2.24) is 5.32 Å². The van der Waals surface area contributed by atoms with Gasteiger partial charge in [0.1, 0.15) is 0 Å². The number of hydrogen-bond acceptors (Lipinski definition) is 4. The molecule has 2 aliphatic rings. The smallest absolute Gasteiger partial charge is 0.0897 e. The van der Waals surface area contributed by atoms with Crippen LogP contribution in [0.1, 0.15) is 51.9 Å². The van der Waals surface area contributed by atoms with Crippen LogP contribution in [0.3, 0.4) is 0 Å². The van der Waals surface area contributed by atoms with Crippen molar-refractivity contribution in [2.45, 2.75) is 68.8 Å². The van der Waals surface area contributed by atoms with Crippen LogP contribution in [0.5, 0.6) is 0 Å². The highest BCUT2D eigenvalue weighted by Crippen LogP contribution is 2.46.